The molecule has 3 aromatic carbocycles. The number of carbonyl (C=O) groups excluding carboxylic acids is 1. The molecule has 0 aliphatic heterocycles. The van der Waals surface area contributed by atoms with E-state index in [0.717, 1.165) is 12.1 Å². The molecule has 0 radical (unpaired) electrons. The number of imidazole rings is 1. The predicted octanol–water partition coefficient (Wildman–Crippen LogP) is 6.38. The van der Waals surface area contributed by atoms with Gasteiger partial charge in [0.15, 0.2) is 0 Å². The molecule has 0 atom stereocenters. The van der Waals surface area contributed by atoms with Crippen LogP contribution in [0.2, 0.25) is 0 Å². The van der Waals surface area contributed by atoms with Gasteiger partial charge in [-0.15, -0.1) is 0 Å². The van der Waals surface area contributed by atoms with Gasteiger partial charge in [-0.3, -0.25) is 9.20 Å². The molecule has 0 saturated carbocycles. The highest BCUT2D eigenvalue weighted by Crippen LogP contribution is 2.30. The normalized spacial score (nSPS) is 11.5. The van der Waals surface area contributed by atoms with Crippen LogP contribution in [0.1, 0.15) is 43.2 Å². The second kappa shape index (κ2) is 10.6. The lowest BCUT2D eigenvalue weighted by atomic mass is 10.0. The number of hydrogen-bond donors (Lipinski definition) is 2. The molecule has 0 unspecified atom stereocenters. The van der Waals surface area contributed by atoms with Gasteiger partial charge in [0.2, 0.25) is 0 Å². The Balaban J connectivity index is 1.50. The maximum Gasteiger partial charge on any atom is 0.416 e. The number of pyridine rings is 1. The van der Waals surface area contributed by atoms with Crippen molar-refractivity contribution in [1.82, 2.24) is 14.7 Å². The Morgan fingerprint density at radius 3 is 2.23 bits per heavy atom. The largest absolute Gasteiger partial charge is 0.478 e. The van der Waals surface area contributed by atoms with Crippen molar-refractivity contribution in [2.24, 2.45) is 0 Å². The van der Waals surface area contributed by atoms with Gasteiger partial charge in [-0.25, -0.2) is 14.2 Å². The smallest absolute Gasteiger partial charge is 0.416 e. The first-order chi connectivity index (χ1) is 19.1. The zero-order chi connectivity index (χ0) is 28.4. The number of alkyl halides is 3. The van der Waals surface area contributed by atoms with Gasteiger partial charge in [0.05, 0.1) is 11.1 Å². The molecule has 2 heterocycles. The molecule has 0 saturated heterocycles. The van der Waals surface area contributed by atoms with Crippen LogP contribution in [0.25, 0.3) is 16.8 Å². The number of carbonyl (C=O) groups is 2. The molecule has 0 fully saturated rings. The lowest BCUT2D eigenvalue weighted by molar-refractivity contribution is -0.137. The number of amides is 1. The van der Waals surface area contributed by atoms with Crippen molar-refractivity contribution in [3.63, 3.8) is 0 Å². The first kappa shape index (κ1) is 26.6. The van der Waals surface area contributed by atoms with Gasteiger partial charge in [0.1, 0.15) is 17.2 Å². The van der Waals surface area contributed by atoms with Gasteiger partial charge in [-0.05, 0) is 70.8 Å². The van der Waals surface area contributed by atoms with E-state index in [2.05, 4.69) is 10.3 Å². The maximum atomic E-state index is 14.0. The second-order valence-corrected chi connectivity index (χ2v) is 9.14. The van der Waals surface area contributed by atoms with Gasteiger partial charge < -0.3 is 10.4 Å². The number of halogens is 4. The lowest BCUT2D eigenvalue weighted by Gasteiger charge is -2.13. The average Bonchev–Trinajstić information content (AvgIpc) is 3.33. The fourth-order valence-electron chi connectivity index (χ4n) is 4.36. The molecule has 5 rings (SSSR count). The highest BCUT2D eigenvalue weighted by Gasteiger charge is 2.30. The van der Waals surface area contributed by atoms with E-state index >= 15 is 0 Å². The Bertz CT molecular complexity index is 1710. The molecule has 10 heteroatoms. The number of nitrogens with one attached hydrogen (secondary N) is 1. The molecule has 1 amide bonds. The van der Waals surface area contributed by atoms with E-state index in [1.165, 1.54) is 36.4 Å². The quantitative estimate of drug-likeness (QED) is 0.232. The van der Waals surface area contributed by atoms with Crippen molar-refractivity contribution in [1.29, 1.82) is 0 Å². The molecular weight excluding hydrogens is 526 g/mol. The number of aromatic carboxylic acids is 1. The molecule has 202 valence electrons. The zero-order valence-electron chi connectivity index (χ0n) is 20.7. The van der Waals surface area contributed by atoms with E-state index < -0.39 is 29.4 Å². The Kier molecular flexibility index (Phi) is 7.08. The topological polar surface area (TPSA) is 83.7 Å². The molecule has 6 nitrogen and oxygen atoms in total. The van der Waals surface area contributed by atoms with Gasteiger partial charge in [-0.1, -0.05) is 36.4 Å². The average molecular weight is 548 g/mol. The highest BCUT2D eigenvalue weighted by molar-refractivity contribution is 5.95. The second-order valence-electron chi connectivity index (χ2n) is 9.14. The molecular formula is C30H21F4N3O3. The van der Waals surface area contributed by atoms with Gasteiger partial charge >= 0.3 is 12.1 Å². The van der Waals surface area contributed by atoms with Crippen molar-refractivity contribution in [2.75, 3.05) is 0 Å². The Morgan fingerprint density at radius 2 is 1.57 bits per heavy atom. The first-order valence-electron chi connectivity index (χ1n) is 12.1. The van der Waals surface area contributed by atoms with E-state index in [1.54, 1.807) is 47.0 Å². The monoisotopic (exact) mass is 547 g/mol. The molecule has 2 aromatic heterocycles. The van der Waals surface area contributed by atoms with Crippen molar-refractivity contribution in [2.45, 2.75) is 19.1 Å². The molecule has 0 bridgehead atoms. The molecule has 0 spiro atoms. The number of benzene rings is 3. The summed E-state index contributed by atoms with van der Waals surface area (Å²) in [5.41, 5.74) is 2.87. The van der Waals surface area contributed by atoms with Crippen LogP contribution in [-0.2, 0) is 19.1 Å². The van der Waals surface area contributed by atoms with Crippen molar-refractivity contribution in [3.05, 3.63) is 131 Å². The minimum atomic E-state index is -4.45. The first-order valence-corrected chi connectivity index (χ1v) is 12.1. The summed E-state index contributed by atoms with van der Waals surface area (Å²) in [5, 5.41) is 11.9. The Labute approximate surface area is 225 Å². The van der Waals surface area contributed by atoms with E-state index in [0.29, 0.717) is 33.6 Å². The SMILES string of the molecule is O=C(O)c1ccc(CNC(=O)c2cc(-c3cccc(F)c3)cc3ncc(Cc4ccc(C(F)(F)F)cc4)n23)cc1. The highest BCUT2D eigenvalue weighted by atomic mass is 19.4. The van der Waals surface area contributed by atoms with Crippen LogP contribution in [0, 0.1) is 5.82 Å². The predicted molar refractivity (Wildman–Crippen MR) is 139 cm³/mol. The zero-order valence-corrected chi connectivity index (χ0v) is 20.7. The van der Waals surface area contributed by atoms with Crippen molar-refractivity contribution in [3.8, 4) is 11.1 Å². The standard InChI is InChI=1S/C30H21F4N3O3/c31-24-3-1-2-21(13-24)22-14-26(28(38)36-16-19-4-8-20(9-5-19)29(39)40)37-25(17-35-27(37)15-22)12-18-6-10-23(11-7-18)30(32,33)34/h1-11,13-15,17H,12,16H2,(H,36,38)(H,39,40). The molecule has 0 aliphatic carbocycles. The minimum Gasteiger partial charge on any atom is -0.478 e. The number of nitrogens with zero attached hydrogens (tertiary/aromatic N) is 2. The number of aromatic nitrogens is 2. The van der Waals surface area contributed by atoms with Gasteiger partial charge in [0, 0.05) is 24.9 Å². The summed E-state index contributed by atoms with van der Waals surface area (Å²) >= 11 is 0. The lowest BCUT2D eigenvalue weighted by Crippen LogP contribution is -2.25. The van der Waals surface area contributed by atoms with E-state index in [9.17, 15) is 27.2 Å². The molecule has 0 aliphatic rings. The van der Waals surface area contributed by atoms with E-state index in [4.69, 9.17) is 5.11 Å². The van der Waals surface area contributed by atoms with Crippen LogP contribution in [-0.4, -0.2) is 26.4 Å². The Morgan fingerprint density at radius 1 is 0.875 bits per heavy atom. The van der Waals surface area contributed by atoms with Gasteiger partial charge in [-0.2, -0.15) is 13.2 Å². The summed E-state index contributed by atoms with van der Waals surface area (Å²) in [7, 11) is 0. The minimum absolute atomic E-state index is 0.105. The molecule has 2 N–H and O–H groups in total. The van der Waals surface area contributed by atoms with E-state index in [1.807, 2.05) is 0 Å². The summed E-state index contributed by atoms with van der Waals surface area (Å²) in [5.74, 6) is -1.98. The molecule has 5 aromatic rings. The van der Waals surface area contributed by atoms with Crippen LogP contribution < -0.4 is 5.32 Å². The number of fused-ring (bicyclic) bond motifs is 1. The number of hydrogen-bond acceptors (Lipinski definition) is 3. The fourth-order valence-corrected chi connectivity index (χ4v) is 4.36. The van der Waals surface area contributed by atoms with Crippen LogP contribution in [0.5, 0.6) is 0 Å². The number of carboxylic acid groups (broad SMARTS) is 1. The van der Waals surface area contributed by atoms with Crippen molar-refractivity contribution < 1.29 is 32.3 Å². The molecule has 40 heavy (non-hydrogen) atoms. The van der Waals surface area contributed by atoms with Crippen molar-refractivity contribution >= 4 is 17.5 Å². The summed E-state index contributed by atoms with van der Waals surface area (Å²) in [4.78, 5) is 29.0. The van der Waals surface area contributed by atoms with Crippen LogP contribution in [0.4, 0.5) is 17.6 Å². The van der Waals surface area contributed by atoms with E-state index in [-0.39, 0.29) is 24.2 Å². The summed E-state index contributed by atoms with van der Waals surface area (Å²) in [6.07, 6.45) is -2.70. The van der Waals surface area contributed by atoms with Crippen LogP contribution in [0.15, 0.2) is 91.1 Å². The summed E-state index contributed by atoms with van der Waals surface area (Å²) in [6.45, 7) is 0.105. The third-order valence-electron chi connectivity index (χ3n) is 6.39. The number of rotatable bonds is 7. The third-order valence-corrected chi connectivity index (χ3v) is 6.39. The summed E-state index contributed by atoms with van der Waals surface area (Å²) < 4.78 is 54.5. The third kappa shape index (κ3) is 5.70. The number of carboxylic acids is 1. The van der Waals surface area contributed by atoms with Crippen LogP contribution in [0.3, 0.4) is 0 Å². The fraction of sp³-hybridized carbons (Fsp3) is 0.100. The Hall–Kier alpha value is -4.99. The van der Waals surface area contributed by atoms with Gasteiger partial charge in [0.25, 0.3) is 5.91 Å². The maximum absolute atomic E-state index is 14.0. The van der Waals surface area contributed by atoms with Crippen LogP contribution >= 0.6 is 0 Å². The summed E-state index contributed by atoms with van der Waals surface area (Å²) in [6, 6.07) is 20.0.